The number of ether oxygens (including phenoxy) is 1. The third kappa shape index (κ3) is 4.75. The molecule has 0 saturated carbocycles. The molecular weight excluding hydrogens is 468 g/mol. The van der Waals surface area contributed by atoms with E-state index in [1.165, 1.54) is 5.57 Å². The van der Waals surface area contributed by atoms with Gasteiger partial charge in [0.2, 0.25) is 5.91 Å². The number of carboxylic acid groups (broad SMARTS) is 1. The highest BCUT2D eigenvalue weighted by atomic mass is 35.5. The van der Waals surface area contributed by atoms with Gasteiger partial charge in [-0.2, -0.15) is 4.98 Å². The molecule has 1 unspecified atom stereocenters. The number of amides is 1. The minimum Gasteiger partial charge on any atom is -0.481 e. The van der Waals surface area contributed by atoms with Crippen molar-refractivity contribution in [3.05, 3.63) is 47.0 Å². The summed E-state index contributed by atoms with van der Waals surface area (Å²) in [6.07, 6.45) is 3.90. The Hall–Kier alpha value is -3.39. The standard InChI is InChI=1S/C26H27ClN4O4/c1-14(2)24(32)31-12-19(13-31)35-26-28-21-11-20(27)22(29-23(21)30-26)17-7-3-15(4-8-17)16-5-9-18(10-6-16)25(33)34/h3-5,7-8,11,14,18-19H,6,9-10,12-13H2,1-2H3,(H,33,34)(H,28,29,30). The number of nitrogens with zero attached hydrogens (tertiary/aromatic N) is 3. The van der Waals surface area contributed by atoms with Crippen LogP contribution in [0.2, 0.25) is 5.02 Å². The summed E-state index contributed by atoms with van der Waals surface area (Å²) in [5, 5.41) is 9.69. The van der Waals surface area contributed by atoms with Gasteiger partial charge in [-0.25, -0.2) is 4.98 Å². The molecule has 8 nitrogen and oxygen atoms in total. The van der Waals surface area contributed by atoms with Crippen LogP contribution in [0.3, 0.4) is 0 Å². The number of benzene rings is 1. The van der Waals surface area contributed by atoms with Crippen LogP contribution in [0.15, 0.2) is 36.4 Å². The highest BCUT2D eigenvalue weighted by molar-refractivity contribution is 6.33. The third-order valence-corrected chi connectivity index (χ3v) is 6.91. The van der Waals surface area contributed by atoms with E-state index in [0.29, 0.717) is 53.8 Å². The van der Waals surface area contributed by atoms with Crippen LogP contribution in [0.4, 0.5) is 0 Å². The van der Waals surface area contributed by atoms with Gasteiger partial charge in [-0.3, -0.25) is 9.59 Å². The Balaban J connectivity index is 1.29. The molecule has 2 N–H and O–H groups in total. The zero-order valence-corrected chi connectivity index (χ0v) is 20.4. The van der Waals surface area contributed by atoms with Crippen molar-refractivity contribution in [3.63, 3.8) is 0 Å². The molecule has 2 aromatic heterocycles. The number of hydrogen-bond donors (Lipinski definition) is 2. The van der Waals surface area contributed by atoms with E-state index < -0.39 is 5.97 Å². The van der Waals surface area contributed by atoms with Crippen molar-refractivity contribution in [1.82, 2.24) is 19.9 Å². The van der Waals surface area contributed by atoms with Crippen LogP contribution in [0.5, 0.6) is 6.01 Å². The fourth-order valence-electron chi connectivity index (χ4n) is 4.53. The maximum absolute atomic E-state index is 12.0. The summed E-state index contributed by atoms with van der Waals surface area (Å²) in [5.41, 5.74) is 4.93. The third-order valence-electron chi connectivity index (χ3n) is 6.63. The number of carboxylic acids is 1. The number of likely N-dealkylation sites (tertiary alicyclic amines) is 1. The highest BCUT2D eigenvalue weighted by Gasteiger charge is 2.34. The number of aliphatic carboxylic acids is 1. The zero-order valence-electron chi connectivity index (χ0n) is 19.6. The summed E-state index contributed by atoms with van der Waals surface area (Å²) in [7, 11) is 0. The largest absolute Gasteiger partial charge is 0.481 e. The van der Waals surface area contributed by atoms with Gasteiger partial charge < -0.3 is 19.7 Å². The Morgan fingerprint density at radius 3 is 2.51 bits per heavy atom. The van der Waals surface area contributed by atoms with E-state index in [2.05, 4.69) is 15.0 Å². The van der Waals surface area contributed by atoms with E-state index in [9.17, 15) is 14.7 Å². The van der Waals surface area contributed by atoms with Gasteiger partial charge in [-0.1, -0.05) is 55.8 Å². The van der Waals surface area contributed by atoms with E-state index >= 15 is 0 Å². The first-order valence-corrected chi connectivity index (χ1v) is 12.2. The molecule has 35 heavy (non-hydrogen) atoms. The number of pyridine rings is 1. The average molecular weight is 495 g/mol. The number of allylic oxidation sites excluding steroid dienone is 2. The number of aromatic nitrogens is 3. The molecule has 1 aliphatic heterocycles. The lowest BCUT2D eigenvalue weighted by molar-refractivity contribution is -0.143. The lowest BCUT2D eigenvalue weighted by Gasteiger charge is -2.39. The first kappa shape index (κ1) is 23.4. The number of H-pyrrole nitrogens is 1. The summed E-state index contributed by atoms with van der Waals surface area (Å²) in [6.45, 7) is 4.88. The van der Waals surface area contributed by atoms with Gasteiger partial charge in [-0.05, 0) is 36.5 Å². The number of carbonyl (C=O) groups excluding carboxylic acids is 1. The molecule has 5 rings (SSSR count). The van der Waals surface area contributed by atoms with Crippen molar-refractivity contribution in [2.45, 2.75) is 39.2 Å². The summed E-state index contributed by atoms with van der Waals surface area (Å²) < 4.78 is 5.90. The van der Waals surface area contributed by atoms with Crippen molar-refractivity contribution < 1.29 is 19.4 Å². The summed E-state index contributed by atoms with van der Waals surface area (Å²) in [6, 6.07) is 10.1. The Morgan fingerprint density at radius 1 is 1.17 bits per heavy atom. The maximum Gasteiger partial charge on any atom is 0.306 e. The fourth-order valence-corrected chi connectivity index (χ4v) is 4.79. The van der Waals surface area contributed by atoms with E-state index in [4.69, 9.17) is 16.3 Å². The molecular formula is C26H27ClN4O4. The normalized spacial score (nSPS) is 18.5. The van der Waals surface area contributed by atoms with Crippen molar-refractivity contribution in [2.75, 3.05) is 13.1 Å². The predicted octanol–water partition coefficient (Wildman–Crippen LogP) is 4.79. The van der Waals surface area contributed by atoms with E-state index in [1.807, 2.05) is 44.2 Å². The topological polar surface area (TPSA) is 108 Å². The molecule has 3 aromatic rings. The number of imidazole rings is 1. The molecule has 2 aliphatic rings. The highest BCUT2D eigenvalue weighted by Crippen LogP contribution is 2.34. The van der Waals surface area contributed by atoms with E-state index in [1.54, 1.807) is 11.0 Å². The molecule has 0 radical (unpaired) electrons. The van der Waals surface area contributed by atoms with Gasteiger partial charge in [0, 0.05) is 11.5 Å². The SMILES string of the molecule is CC(C)C(=O)N1CC(Oc2nc3nc(-c4ccc(C5=CCC(C(=O)O)CC5)cc4)c(Cl)cc3[nH]2)C1. The molecule has 1 aromatic carbocycles. The predicted molar refractivity (Wildman–Crippen MR) is 133 cm³/mol. The van der Waals surface area contributed by atoms with Crippen LogP contribution in [-0.2, 0) is 9.59 Å². The number of fused-ring (bicyclic) bond motifs is 1. The average Bonchev–Trinajstić information content (AvgIpc) is 3.21. The van der Waals surface area contributed by atoms with Crippen LogP contribution < -0.4 is 4.74 Å². The lowest BCUT2D eigenvalue weighted by Crippen LogP contribution is -2.57. The minimum absolute atomic E-state index is 0.0235. The summed E-state index contributed by atoms with van der Waals surface area (Å²) in [4.78, 5) is 37.2. The first-order valence-electron chi connectivity index (χ1n) is 11.8. The molecule has 1 aliphatic carbocycles. The second-order valence-corrected chi connectivity index (χ2v) is 9.89. The van der Waals surface area contributed by atoms with Gasteiger partial charge in [0.05, 0.1) is 35.2 Å². The van der Waals surface area contributed by atoms with Crippen LogP contribution in [-0.4, -0.2) is 56.0 Å². The van der Waals surface area contributed by atoms with Crippen molar-refractivity contribution in [3.8, 4) is 17.3 Å². The zero-order chi connectivity index (χ0) is 24.7. The quantitative estimate of drug-likeness (QED) is 0.510. The van der Waals surface area contributed by atoms with Gasteiger partial charge in [0.25, 0.3) is 6.01 Å². The number of halogens is 1. The molecule has 0 bridgehead atoms. The second kappa shape index (κ2) is 9.34. The van der Waals surface area contributed by atoms with Crippen molar-refractivity contribution in [1.29, 1.82) is 0 Å². The number of carbonyl (C=O) groups is 2. The van der Waals surface area contributed by atoms with Crippen LogP contribution in [0.25, 0.3) is 28.0 Å². The Labute approximate surface area is 208 Å². The summed E-state index contributed by atoms with van der Waals surface area (Å²) in [5.74, 6) is -0.914. The fraction of sp³-hybridized carbons (Fsp3) is 0.385. The lowest BCUT2D eigenvalue weighted by atomic mass is 9.86. The maximum atomic E-state index is 12.0. The second-order valence-electron chi connectivity index (χ2n) is 9.49. The molecule has 1 saturated heterocycles. The number of nitrogens with one attached hydrogen (secondary N) is 1. The van der Waals surface area contributed by atoms with Crippen LogP contribution >= 0.6 is 11.6 Å². The monoisotopic (exact) mass is 494 g/mol. The van der Waals surface area contributed by atoms with Crippen LogP contribution in [0.1, 0.15) is 38.7 Å². The molecule has 182 valence electrons. The van der Waals surface area contributed by atoms with Crippen LogP contribution in [0, 0.1) is 11.8 Å². The molecule has 1 amide bonds. The molecule has 1 atom stereocenters. The van der Waals surface area contributed by atoms with Crippen molar-refractivity contribution >= 4 is 40.2 Å². The number of hydrogen-bond acceptors (Lipinski definition) is 5. The molecule has 3 heterocycles. The molecule has 1 fully saturated rings. The van der Waals surface area contributed by atoms with Gasteiger partial charge in [-0.15, -0.1) is 0 Å². The molecule has 9 heteroatoms. The Morgan fingerprint density at radius 2 is 1.89 bits per heavy atom. The first-order chi connectivity index (χ1) is 16.8. The Bertz CT molecular complexity index is 1310. The minimum atomic E-state index is -0.727. The summed E-state index contributed by atoms with van der Waals surface area (Å²) >= 11 is 6.55. The van der Waals surface area contributed by atoms with E-state index in [0.717, 1.165) is 17.5 Å². The molecule has 0 spiro atoms. The van der Waals surface area contributed by atoms with Gasteiger partial charge in [0.15, 0.2) is 5.65 Å². The number of rotatable bonds is 6. The van der Waals surface area contributed by atoms with Gasteiger partial charge in [0.1, 0.15) is 6.10 Å². The Kier molecular flexibility index (Phi) is 6.23. The smallest absolute Gasteiger partial charge is 0.306 e. The van der Waals surface area contributed by atoms with Crippen molar-refractivity contribution in [2.24, 2.45) is 11.8 Å². The number of aromatic amines is 1. The van der Waals surface area contributed by atoms with E-state index in [-0.39, 0.29) is 23.8 Å². The van der Waals surface area contributed by atoms with Gasteiger partial charge >= 0.3 is 5.97 Å².